The highest BCUT2D eigenvalue weighted by Gasteiger charge is 2.15. The Morgan fingerprint density at radius 2 is 1.69 bits per heavy atom. The van der Waals surface area contributed by atoms with Crippen LogP contribution in [0.1, 0.15) is 5.56 Å². The number of nitrogens with zero attached hydrogens (tertiary/aromatic N) is 2. The number of anilines is 1. The molecule has 26 heavy (non-hydrogen) atoms. The van der Waals surface area contributed by atoms with Crippen LogP contribution in [0.5, 0.6) is 0 Å². The molecule has 0 saturated carbocycles. The van der Waals surface area contributed by atoms with Gasteiger partial charge in [0, 0.05) is 15.7 Å². The Morgan fingerprint density at radius 1 is 0.962 bits per heavy atom. The topological polar surface area (TPSA) is 60.9 Å². The van der Waals surface area contributed by atoms with Gasteiger partial charge < -0.3 is 10.3 Å². The van der Waals surface area contributed by atoms with E-state index in [0.717, 1.165) is 21.1 Å². The van der Waals surface area contributed by atoms with Crippen LogP contribution in [0.4, 0.5) is 5.69 Å². The molecule has 0 amide bonds. The maximum atomic E-state index is 13.3. The maximum absolute atomic E-state index is 13.3. The van der Waals surface area contributed by atoms with Gasteiger partial charge in [-0.3, -0.25) is 4.79 Å². The van der Waals surface area contributed by atoms with E-state index in [9.17, 15) is 4.79 Å². The van der Waals surface area contributed by atoms with Gasteiger partial charge in [0.1, 0.15) is 5.69 Å². The molecule has 0 radical (unpaired) electrons. The predicted octanol–water partition coefficient (Wildman–Crippen LogP) is 4.46. The SMILES string of the molecule is Nc1ccc(Br)cc1-c1nc2ccccc2n(Cc2ccccc2)c1=O. The molecule has 1 heterocycles. The molecule has 4 aromatic rings. The second-order valence-corrected chi connectivity index (χ2v) is 6.97. The number of benzene rings is 3. The van der Waals surface area contributed by atoms with Crippen LogP contribution in [0.15, 0.2) is 82.1 Å². The summed E-state index contributed by atoms with van der Waals surface area (Å²) in [6.45, 7) is 0.476. The molecular weight excluding hydrogens is 390 g/mol. The molecule has 128 valence electrons. The fraction of sp³-hybridized carbons (Fsp3) is 0.0476. The van der Waals surface area contributed by atoms with Crippen LogP contribution >= 0.6 is 15.9 Å². The van der Waals surface area contributed by atoms with E-state index in [0.29, 0.717) is 23.5 Å². The van der Waals surface area contributed by atoms with Crippen molar-refractivity contribution < 1.29 is 0 Å². The largest absolute Gasteiger partial charge is 0.398 e. The van der Waals surface area contributed by atoms with Crippen molar-refractivity contribution >= 4 is 32.7 Å². The van der Waals surface area contributed by atoms with E-state index in [1.54, 1.807) is 10.6 Å². The van der Waals surface area contributed by atoms with Gasteiger partial charge in [0.2, 0.25) is 0 Å². The average Bonchev–Trinajstić information content (AvgIpc) is 2.67. The summed E-state index contributed by atoms with van der Waals surface area (Å²) in [5.74, 6) is 0. The Labute approximate surface area is 159 Å². The number of hydrogen-bond acceptors (Lipinski definition) is 3. The molecule has 0 aliphatic rings. The Bertz CT molecular complexity index is 1150. The van der Waals surface area contributed by atoms with Crippen LogP contribution in [-0.4, -0.2) is 9.55 Å². The van der Waals surface area contributed by atoms with Gasteiger partial charge in [-0.25, -0.2) is 4.98 Å². The zero-order valence-electron chi connectivity index (χ0n) is 13.9. The van der Waals surface area contributed by atoms with Gasteiger partial charge in [0.15, 0.2) is 0 Å². The lowest BCUT2D eigenvalue weighted by molar-refractivity contribution is 0.789. The standard InChI is InChI=1S/C21H16BrN3O/c22-15-10-11-17(23)16(12-15)20-21(26)25(13-14-6-2-1-3-7-14)19-9-5-4-8-18(19)24-20/h1-12H,13,23H2. The van der Waals surface area contributed by atoms with Crippen LogP contribution in [0.25, 0.3) is 22.3 Å². The number of nitrogens with two attached hydrogens (primary N) is 1. The molecule has 0 fully saturated rings. The molecule has 1 aromatic heterocycles. The highest BCUT2D eigenvalue weighted by Crippen LogP contribution is 2.27. The second kappa shape index (κ2) is 6.77. The van der Waals surface area contributed by atoms with E-state index in [4.69, 9.17) is 5.73 Å². The summed E-state index contributed by atoms with van der Waals surface area (Å²) >= 11 is 3.45. The number of nitrogen functional groups attached to an aromatic ring is 1. The minimum Gasteiger partial charge on any atom is -0.398 e. The van der Waals surface area contributed by atoms with Crippen LogP contribution < -0.4 is 11.3 Å². The van der Waals surface area contributed by atoms with Crippen LogP contribution in [-0.2, 0) is 6.54 Å². The summed E-state index contributed by atoms with van der Waals surface area (Å²) in [6.07, 6.45) is 0. The molecular formula is C21H16BrN3O. The summed E-state index contributed by atoms with van der Waals surface area (Å²) in [6, 6.07) is 23.0. The summed E-state index contributed by atoms with van der Waals surface area (Å²) in [4.78, 5) is 17.9. The molecule has 0 aliphatic heterocycles. The summed E-state index contributed by atoms with van der Waals surface area (Å²) in [5, 5.41) is 0. The van der Waals surface area contributed by atoms with Gasteiger partial charge in [-0.15, -0.1) is 0 Å². The quantitative estimate of drug-likeness (QED) is 0.511. The maximum Gasteiger partial charge on any atom is 0.277 e. The Kier molecular flexibility index (Phi) is 4.31. The third kappa shape index (κ3) is 3.02. The lowest BCUT2D eigenvalue weighted by atomic mass is 10.1. The van der Waals surface area contributed by atoms with Gasteiger partial charge >= 0.3 is 0 Å². The van der Waals surface area contributed by atoms with Gasteiger partial charge in [-0.05, 0) is 35.9 Å². The Balaban J connectivity index is 2.00. The molecule has 0 spiro atoms. The summed E-state index contributed by atoms with van der Waals surface area (Å²) in [7, 11) is 0. The van der Waals surface area contributed by atoms with E-state index >= 15 is 0 Å². The van der Waals surface area contributed by atoms with Gasteiger partial charge in [0.05, 0.1) is 17.6 Å². The van der Waals surface area contributed by atoms with E-state index in [2.05, 4.69) is 20.9 Å². The number of halogens is 1. The monoisotopic (exact) mass is 405 g/mol. The smallest absolute Gasteiger partial charge is 0.277 e. The number of para-hydroxylation sites is 2. The molecule has 0 aliphatic carbocycles. The highest BCUT2D eigenvalue weighted by molar-refractivity contribution is 9.10. The first-order valence-electron chi connectivity index (χ1n) is 8.22. The lowest BCUT2D eigenvalue weighted by Gasteiger charge is -2.13. The Hall–Kier alpha value is -2.92. The number of fused-ring (bicyclic) bond motifs is 1. The molecule has 4 rings (SSSR count). The van der Waals surface area contributed by atoms with Crippen molar-refractivity contribution in [2.75, 3.05) is 5.73 Å². The molecule has 4 nitrogen and oxygen atoms in total. The second-order valence-electron chi connectivity index (χ2n) is 6.06. The molecule has 0 unspecified atom stereocenters. The predicted molar refractivity (Wildman–Crippen MR) is 109 cm³/mol. The zero-order chi connectivity index (χ0) is 18.1. The van der Waals surface area contributed by atoms with Crippen molar-refractivity contribution in [1.82, 2.24) is 9.55 Å². The summed E-state index contributed by atoms with van der Waals surface area (Å²) < 4.78 is 2.61. The van der Waals surface area contributed by atoms with Crippen LogP contribution in [0, 0.1) is 0 Å². The van der Waals surface area contributed by atoms with E-state index in [1.165, 1.54) is 0 Å². The van der Waals surface area contributed by atoms with Crippen molar-refractivity contribution in [3.05, 3.63) is 93.2 Å². The normalized spacial score (nSPS) is 11.0. The average molecular weight is 406 g/mol. The van der Waals surface area contributed by atoms with Crippen LogP contribution in [0.2, 0.25) is 0 Å². The third-order valence-electron chi connectivity index (χ3n) is 4.31. The van der Waals surface area contributed by atoms with E-state index in [1.807, 2.05) is 66.7 Å². The fourth-order valence-electron chi connectivity index (χ4n) is 3.02. The minimum atomic E-state index is -0.155. The number of hydrogen-bond donors (Lipinski definition) is 1. The molecule has 5 heteroatoms. The number of rotatable bonds is 3. The van der Waals surface area contributed by atoms with Gasteiger partial charge in [-0.1, -0.05) is 58.4 Å². The zero-order valence-corrected chi connectivity index (χ0v) is 15.5. The van der Waals surface area contributed by atoms with E-state index < -0.39 is 0 Å². The lowest BCUT2D eigenvalue weighted by Crippen LogP contribution is -2.24. The fourth-order valence-corrected chi connectivity index (χ4v) is 3.39. The molecule has 2 N–H and O–H groups in total. The van der Waals surface area contributed by atoms with Crippen molar-refractivity contribution in [2.24, 2.45) is 0 Å². The highest BCUT2D eigenvalue weighted by atomic mass is 79.9. The first-order chi connectivity index (χ1) is 12.6. The first-order valence-corrected chi connectivity index (χ1v) is 9.02. The van der Waals surface area contributed by atoms with E-state index in [-0.39, 0.29) is 5.56 Å². The van der Waals surface area contributed by atoms with Crippen molar-refractivity contribution in [2.45, 2.75) is 6.54 Å². The first kappa shape index (κ1) is 16.5. The van der Waals surface area contributed by atoms with Crippen LogP contribution in [0.3, 0.4) is 0 Å². The minimum absolute atomic E-state index is 0.155. The van der Waals surface area contributed by atoms with Crippen molar-refractivity contribution in [3.63, 3.8) is 0 Å². The molecule has 0 bridgehead atoms. The molecule has 0 saturated heterocycles. The number of aromatic nitrogens is 2. The van der Waals surface area contributed by atoms with Gasteiger partial charge in [-0.2, -0.15) is 0 Å². The molecule has 3 aromatic carbocycles. The summed E-state index contributed by atoms with van der Waals surface area (Å²) in [5.41, 5.74) is 10.1. The Morgan fingerprint density at radius 3 is 2.50 bits per heavy atom. The van der Waals surface area contributed by atoms with Crippen molar-refractivity contribution in [3.8, 4) is 11.3 Å². The van der Waals surface area contributed by atoms with Gasteiger partial charge in [0.25, 0.3) is 5.56 Å². The van der Waals surface area contributed by atoms with Crippen molar-refractivity contribution in [1.29, 1.82) is 0 Å². The molecule has 0 atom stereocenters. The third-order valence-corrected chi connectivity index (χ3v) is 4.80.